The van der Waals surface area contributed by atoms with E-state index in [2.05, 4.69) is 6.58 Å². The summed E-state index contributed by atoms with van der Waals surface area (Å²) in [6.07, 6.45) is 0.365. The molecule has 0 aliphatic carbocycles. The molecule has 23 heavy (non-hydrogen) atoms. The zero-order valence-electron chi connectivity index (χ0n) is 15.1. The van der Waals surface area contributed by atoms with Gasteiger partial charge in [-0.25, -0.2) is 4.79 Å². The van der Waals surface area contributed by atoms with Crippen LogP contribution in [0.25, 0.3) is 0 Å². The summed E-state index contributed by atoms with van der Waals surface area (Å²) in [7, 11) is 0. The molecule has 1 aromatic rings. The maximum absolute atomic E-state index is 11.9. The van der Waals surface area contributed by atoms with Crippen LogP contribution in [0.4, 0.5) is 0 Å². The molecule has 2 atom stereocenters. The minimum Gasteiger partial charge on any atom is -0.465 e. The number of carbonyl (C=O) groups excluding carboxylic acids is 1. The number of hydrogen-bond donors (Lipinski definition) is 0. The monoisotopic (exact) mass is 320 g/mol. The van der Waals surface area contributed by atoms with Crippen molar-refractivity contribution in [2.24, 2.45) is 0 Å². The third-order valence-electron chi connectivity index (χ3n) is 3.82. The highest BCUT2D eigenvalue weighted by molar-refractivity contribution is 5.87. The summed E-state index contributed by atoms with van der Waals surface area (Å²) in [5.74, 6) is 0.386. The SMILES string of the molecule is C=C(C)C(=O)OC(C)(CC)c1ccc(OC(C)OCC)c(C)c1. The summed E-state index contributed by atoms with van der Waals surface area (Å²) < 4.78 is 16.8. The molecule has 4 nitrogen and oxygen atoms in total. The van der Waals surface area contributed by atoms with Gasteiger partial charge in [-0.3, -0.25) is 0 Å². The summed E-state index contributed by atoms with van der Waals surface area (Å²) in [5, 5.41) is 0. The van der Waals surface area contributed by atoms with Gasteiger partial charge in [0.05, 0.1) is 0 Å². The summed E-state index contributed by atoms with van der Waals surface area (Å²) >= 11 is 0. The molecule has 0 N–H and O–H groups in total. The van der Waals surface area contributed by atoms with E-state index in [0.29, 0.717) is 18.6 Å². The van der Waals surface area contributed by atoms with Gasteiger partial charge < -0.3 is 14.2 Å². The third-order valence-corrected chi connectivity index (χ3v) is 3.82. The van der Waals surface area contributed by atoms with Gasteiger partial charge in [-0.2, -0.15) is 0 Å². The minimum atomic E-state index is -0.690. The topological polar surface area (TPSA) is 44.8 Å². The molecule has 1 rings (SSSR count). The molecule has 128 valence electrons. The Hall–Kier alpha value is -1.81. The van der Waals surface area contributed by atoms with E-state index in [1.165, 1.54) is 0 Å². The van der Waals surface area contributed by atoms with E-state index in [0.717, 1.165) is 16.9 Å². The first-order valence-electron chi connectivity index (χ1n) is 8.01. The van der Waals surface area contributed by atoms with Crippen molar-refractivity contribution in [3.63, 3.8) is 0 Å². The molecule has 0 bridgehead atoms. The average Bonchev–Trinajstić information content (AvgIpc) is 2.49. The Bertz CT molecular complexity index is 564. The fraction of sp³-hybridized carbons (Fsp3) is 0.526. The minimum absolute atomic E-state index is 0.302. The number of rotatable bonds is 8. The molecule has 0 saturated carbocycles. The van der Waals surface area contributed by atoms with Gasteiger partial charge in [-0.1, -0.05) is 19.6 Å². The van der Waals surface area contributed by atoms with E-state index in [4.69, 9.17) is 14.2 Å². The number of aryl methyl sites for hydroxylation is 1. The van der Waals surface area contributed by atoms with Crippen LogP contribution in [0.5, 0.6) is 5.75 Å². The van der Waals surface area contributed by atoms with E-state index >= 15 is 0 Å². The zero-order valence-corrected chi connectivity index (χ0v) is 15.1. The maximum atomic E-state index is 11.9. The zero-order chi connectivity index (χ0) is 17.6. The Kier molecular flexibility index (Phi) is 6.82. The summed E-state index contributed by atoms with van der Waals surface area (Å²) in [6, 6.07) is 5.81. The molecule has 0 saturated heterocycles. The molecular formula is C19H28O4. The smallest absolute Gasteiger partial charge is 0.333 e. The van der Waals surface area contributed by atoms with Gasteiger partial charge in [0.1, 0.15) is 11.4 Å². The lowest BCUT2D eigenvalue weighted by Crippen LogP contribution is -2.29. The largest absolute Gasteiger partial charge is 0.465 e. The van der Waals surface area contributed by atoms with Crippen molar-refractivity contribution in [1.82, 2.24) is 0 Å². The van der Waals surface area contributed by atoms with Crippen LogP contribution in [0.15, 0.2) is 30.4 Å². The second-order valence-corrected chi connectivity index (χ2v) is 5.88. The van der Waals surface area contributed by atoms with Crippen LogP contribution in [0.1, 0.15) is 52.2 Å². The van der Waals surface area contributed by atoms with Gasteiger partial charge in [0, 0.05) is 12.2 Å². The van der Waals surface area contributed by atoms with Crippen LogP contribution < -0.4 is 4.74 Å². The normalized spacial score (nSPS) is 14.7. The standard InChI is InChI=1S/C19H28O4/c1-8-19(7,23-18(20)13(3)4)16-10-11-17(14(5)12-16)22-15(6)21-9-2/h10-12,15H,3,8-9H2,1-2,4-7H3. The van der Waals surface area contributed by atoms with Gasteiger partial charge in [0.2, 0.25) is 0 Å². The fourth-order valence-corrected chi connectivity index (χ4v) is 2.19. The van der Waals surface area contributed by atoms with Crippen molar-refractivity contribution in [1.29, 1.82) is 0 Å². The number of benzene rings is 1. The first kappa shape index (κ1) is 19.2. The molecule has 0 spiro atoms. The molecular weight excluding hydrogens is 292 g/mol. The van der Waals surface area contributed by atoms with Crippen LogP contribution >= 0.6 is 0 Å². The first-order valence-corrected chi connectivity index (χ1v) is 8.01. The molecule has 0 amide bonds. The Morgan fingerprint density at radius 2 is 2.00 bits per heavy atom. The van der Waals surface area contributed by atoms with Gasteiger partial charge in [0.25, 0.3) is 0 Å². The Morgan fingerprint density at radius 1 is 1.35 bits per heavy atom. The summed E-state index contributed by atoms with van der Waals surface area (Å²) in [4.78, 5) is 11.9. The lowest BCUT2D eigenvalue weighted by Gasteiger charge is -2.30. The lowest BCUT2D eigenvalue weighted by molar-refractivity contribution is -0.154. The molecule has 0 aliphatic heterocycles. The van der Waals surface area contributed by atoms with Crippen LogP contribution in [0.2, 0.25) is 0 Å². The van der Waals surface area contributed by atoms with Crippen molar-refractivity contribution in [3.8, 4) is 5.75 Å². The molecule has 0 heterocycles. The molecule has 0 fully saturated rings. The third kappa shape index (κ3) is 5.10. The molecule has 0 radical (unpaired) electrons. The van der Waals surface area contributed by atoms with E-state index < -0.39 is 5.60 Å². The number of hydrogen-bond acceptors (Lipinski definition) is 4. The second-order valence-electron chi connectivity index (χ2n) is 5.88. The van der Waals surface area contributed by atoms with Crippen molar-refractivity contribution < 1.29 is 19.0 Å². The van der Waals surface area contributed by atoms with Gasteiger partial charge in [-0.15, -0.1) is 0 Å². The van der Waals surface area contributed by atoms with Crippen molar-refractivity contribution in [3.05, 3.63) is 41.5 Å². The molecule has 2 unspecified atom stereocenters. The van der Waals surface area contributed by atoms with E-state index in [1.54, 1.807) is 6.92 Å². The maximum Gasteiger partial charge on any atom is 0.333 e. The Labute approximate surface area is 139 Å². The van der Waals surface area contributed by atoms with Gasteiger partial charge in [0.15, 0.2) is 6.29 Å². The van der Waals surface area contributed by atoms with Crippen LogP contribution in [0, 0.1) is 6.92 Å². The highest BCUT2D eigenvalue weighted by atomic mass is 16.7. The van der Waals surface area contributed by atoms with E-state index in [-0.39, 0.29) is 12.3 Å². The van der Waals surface area contributed by atoms with Gasteiger partial charge in [-0.05, 0) is 64.3 Å². The van der Waals surface area contributed by atoms with Crippen LogP contribution in [-0.2, 0) is 19.9 Å². The predicted molar refractivity (Wildman–Crippen MR) is 91.4 cm³/mol. The highest BCUT2D eigenvalue weighted by Crippen LogP contribution is 2.33. The number of esters is 1. The average molecular weight is 320 g/mol. The second kappa shape index (κ2) is 8.16. The highest BCUT2D eigenvalue weighted by Gasteiger charge is 2.30. The Balaban J connectivity index is 3.01. The molecule has 4 heteroatoms. The van der Waals surface area contributed by atoms with E-state index in [9.17, 15) is 4.79 Å². The number of carbonyl (C=O) groups is 1. The van der Waals surface area contributed by atoms with Crippen LogP contribution in [0.3, 0.4) is 0 Å². The number of ether oxygens (including phenoxy) is 3. The molecule has 0 aromatic heterocycles. The van der Waals surface area contributed by atoms with Crippen molar-refractivity contribution >= 4 is 5.97 Å². The van der Waals surface area contributed by atoms with Crippen LogP contribution in [-0.4, -0.2) is 18.9 Å². The quantitative estimate of drug-likeness (QED) is 0.402. The summed E-state index contributed by atoms with van der Waals surface area (Å²) in [5.41, 5.74) is 1.61. The predicted octanol–water partition coefficient (Wildman–Crippen LogP) is 4.50. The van der Waals surface area contributed by atoms with Crippen molar-refractivity contribution in [2.45, 2.75) is 59.9 Å². The molecule has 0 aliphatic rings. The van der Waals surface area contributed by atoms with Gasteiger partial charge >= 0.3 is 5.97 Å². The molecule has 1 aromatic carbocycles. The van der Waals surface area contributed by atoms with Crippen molar-refractivity contribution in [2.75, 3.05) is 6.61 Å². The lowest BCUT2D eigenvalue weighted by atomic mass is 9.91. The first-order chi connectivity index (χ1) is 10.7. The fourth-order valence-electron chi connectivity index (χ4n) is 2.19. The van der Waals surface area contributed by atoms with E-state index in [1.807, 2.05) is 52.8 Å². The summed E-state index contributed by atoms with van der Waals surface area (Å²) in [6.45, 7) is 15.5. The Morgan fingerprint density at radius 3 is 2.48 bits per heavy atom.